The highest BCUT2D eigenvalue weighted by Crippen LogP contribution is 2.47. The van der Waals surface area contributed by atoms with Crippen molar-refractivity contribution in [3.63, 3.8) is 0 Å². The number of hydrogen-bond acceptors (Lipinski definition) is 1. The summed E-state index contributed by atoms with van der Waals surface area (Å²) in [5.41, 5.74) is 10.3. The number of guanidine groups is 1. The third kappa shape index (κ3) is 2.22. The molecular formula is C15H21N3. The quantitative estimate of drug-likeness (QED) is 0.620. The lowest BCUT2D eigenvalue weighted by Crippen LogP contribution is -2.23. The van der Waals surface area contributed by atoms with Gasteiger partial charge in [-0.15, -0.1) is 0 Å². The van der Waals surface area contributed by atoms with Crippen molar-refractivity contribution in [3.8, 4) is 0 Å². The van der Waals surface area contributed by atoms with Gasteiger partial charge in [0.15, 0.2) is 5.96 Å². The van der Waals surface area contributed by atoms with E-state index < -0.39 is 0 Å². The van der Waals surface area contributed by atoms with E-state index in [2.05, 4.69) is 42.4 Å². The smallest absolute Gasteiger partial charge is 0.193 e. The highest BCUT2D eigenvalue weighted by atomic mass is 15.1. The second-order valence-corrected chi connectivity index (χ2v) is 6.18. The maximum Gasteiger partial charge on any atom is 0.193 e. The van der Waals surface area contributed by atoms with Crippen LogP contribution in [0.25, 0.3) is 0 Å². The third-order valence-electron chi connectivity index (χ3n) is 4.13. The van der Waals surface area contributed by atoms with Crippen LogP contribution < -0.4 is 11.1 Å². The van der Waals surface area contributed by atoms with Gasteiger partial charge < -0.3 is 11.1 Å². The Bertz CT molecular complexity index is 502. The zero-order valence-electron chi connectivity index (χ0n) is 11.2. The normalized spacial score (nSPS) is 24.8. The molecule has 3 rings (SSSR count). The van der Waals surface area contributed by atoms with Crippen molar-refractivity contribution in [1.29, 1.82) is 0 Å². The molecule has 18 heavy (non-hydrogen) atoms. The molecule has 1 aromatic carbocycles. The fourth-order valence-electron chi connectivity index (χ4n) is 2.66. The van der Waals surface area contributed by atoms with Crippen molar-refractivity contribution in [2.75, 3.05) is 5.32 Å². The lowest BCUT2D eigenvalue weighted by atomic mass is 10.1. The Labute approximate surface area is 108 Å². The number of hydrogen-bond donors (Lipinski definition) is 2. The van der Waals surface area contributed by atoms with Crippen molar-refractivity contribution >= 4 is 11.6 Å². The first-order valence-electron chi connectivity index (χ1n) is 6.77. The Morgan fingerprint density at radius 2 is 2.06 bits per heavy atom. The van der Waals surface area contributed by atoms with E-state index in [4.69, 9.17) is 5.73 Å². The van der Waals surface area contributed by atoms with E-state index in [9.17, 15) is 0 Å². The molecule has 0 aromatic heterocycles. The molecule has 3 heteroatoms. The van der Waals surface area contributed by atoms with Crippen LogP contribution in [0.2, 0.25) is 0 Å². The summed E-state index contributed by atoms with van der Waals surface area (Å²) in [5, 5.41) is 3.21. The van der Waals surface area contributed by atoms with E-state index in [0.717, 1.165) is 12.1 Å². The number of fused-ring (bicyclic) bond motifs is 1. The van der Waals surface area contributed by atoms with Crippen LogP contribution in [-0.4, -0.2) is 12.0 Å². The zero-order chi connectivity index (χ0) is 12.8. The number of aliphatic imine (C=N–C) groups is 1. The Morgan fingerprint density at radius 1 is 1.33 bits per heavy atom. The molecule has 0 spiro atoms. The zero-order valence-corrected chi connectivity index (χ0v) is 11.2. The summed E-state index contributed by atoms with van der Waals surface area (Å²) in [6.07, 6.45) is 4.82. The van der Waals surface area contributed by atoms with Gasteiger partial charge >= 0.3 is 0 Å². The summed E-state index contributed by atoms with van der Waals surface area (Å²) >= 11 is 0. The van der Waals surface area contributed by atoms with Crippen LogP contribution in [0, 0.1) is 5.41 Å². The van der Waals surface area contributed by atoms with E-state index in [1.807, 2.05) is 0 Å². The Morgan fingerprint density at radius 3 is 2.78 bits per heavy atom. The molecule has 0 amide bonds. The molecule has 2 aliphatic rings. The van der Waals surface area contributed by atoms with Crippen molar-refractivity contribution in [2.45, 2.75) is 45.6 Å². The first-order valence-corrected chi connectivity index (χ1v) is 6.77. The maximum atomic E-state index is 5.95. The highest BCUT2D eigenvalue weighted by Gasteiger charge is 2.45. The van der Waals surface area contributed by atoms with Gasteiger partial charge in [-0.2, -0.15) is 0 Å². The van der Waals surface area contributed by atoms with Gasteiger partial charge in [-0.1, -0.05) is 19.9 Å². The lowest BCUT2D eigenvalue weighted by Gasteiger charge is -2.08. The standard InChI is InChI=1S/C15H21N3/c1-15(2)9-13(15)18-14(16)17-12-7-6-10-4-3-5-11(10)8-12/h6-8,13H,3-5,9H2,1-2H3,(H3,16,17,18)/t13-/m0/s1. The van der Waals surface area contributed by atoms with Gasteiger partial charge in [0.05, 0.1) is 6.04 Å². The van der Waals surface area contributed by atoms with E-state index in [0.29, 0.717) is 17.4 Å². The van der Waals surface area contributed by atoms with E-state index >= 15 is 0 Å². The van der Waals surface area contributed by atoms with Gasteiger partial charge in [0, 0.05) is 5.69 Å². The average molecular weight is 243 g/mol. The molecule has 3 nitrogen and oxygen atoms in total. The lowest BCUT2D eigenvalue weighted by molar-refractivity contribution is 0.618. The van der Waals surface area contributed by atoms with E-state index in [1.54, 1.807) is 0 Å². The van der Waals surface area contributed by atoms with Crippen LogP contribution in [0.15, 0.2) is 23.2 Å². The molecule has 0 aliphatic heterocycles. The third-order valence-corrected chi connectivity index (χ3v) is 4.13. The van der Waals surface area contributed by atoms with E-state index in [1.165, 1.54) is 30.4 Å². The molecule has 1 atom stereocenters. The predicted molar refractivity (Wildman–Crippen MR) is 75.9 cm³/mol. The monoisotopic (exact) mass is 243 g/mol. The van der Waals surface area contributed by atoms with Crippen molar-refractivity contribution in [2.24, 2.45) is 16.1 Å². The van der Waals surface area contributed by atoms with Gasteiger partial charge in [0.2, 0.25) is 0 Å². The second kappa shape index (κ2) is 4.01. The first-order chi connectivity index (χ1) is 8.54. The molecule has 1 fully saturated rings. The second-order valence-electron chi connectivity index (χ2n) is 6.18. The number of aryl methyl sites for hydroxylation is 2. The minimum atomic E-state index is 0.338. The van der Waals surface area contributed by atoms with Crippen LogP contribution in [0.3, 0.4) is 0 Å². The number of rotatable bonds is 2. The molecule has 3 N–H and O–H groups in total. The number of nitrogens with one attached hydrogen (secondary N) is 1. The fourth-order valence-corrected chi connectivity index (χ4v) is 2.66. The van der Waals surface area contributed by atoms with Crippen LogP contribution in [0.4, 0.5) is 5.69 Å². The molecule has 0 radical (unpaired) electrons. The minimum absolute atomic E-state index is 0.338. The summed E-state index contributed by atoms with van der Waals surface area (Å²) in [4.78, 5) is 4.51. The SMILES string of the molecule is CC1(C)C[C@@H]1N=C(N)Nc1ccc2c(c1)CCC2. The average Bonchev–Trinajstić information content (AvgIpc) is 2.75. The summed E-state index contributed by atoms with van der Waals surface area (Å²) < 4.78 is 0. The fraction of sp³-hybridized carbons (Fsp3) is 0.533. The first kappa shape index (κ1) is 11.6. The summed E-state index contributed by atoms with van der Waals surface area (Å²) in [5.74, 6) is 0.545. The number of benzene rings is 1. The van der Waals surface area contributed by atoms with E-state index in [-0.39, 0.29) is 0 Å². The number of anilines is 1. The minimum Gasteiger partial charge on any atom is -0.370 e. The van der Waals surface area contributed by atoms with Crippen molar-refractivity contribution in [3.05, 3.63) is 29.3 Å². The van der Waals surface area contributed by atoms with Crippen LogP contribution in [-0.2, 0) is 12.8 Å². The number of nitrogens with two attached hydrogens (primary N) is 1. The molecule has 1 saturated carbocycles. The topological polar surface area (TPSA) is 50.4 Å². The van der Waals surface area contributed by atoms with Crippen LogP contribution >= 0.6 is 0 Å². The molecule has 96 valence electrons. The summed E-state index contributed by atoms with van der Waals surface area (Å²) in [6, 6.07) is 6.91. The van der Waals surface area contributed by atoms with Gasteiger partial charge in [-0.3, -0.25) is 0 Å². The summed E-state index contributed by atoms with van der Waals surface area (Å²) in [7, 11) is 0. The molecule has 0 unspecified atom stereocenters. The highest BCUT2D eigenvalue weighted by molar-refractivity contribution is 5.92. The number of nitrogens with zero attached hydrogens (tertiary/aromatic N) is 1. The molecule has 0 heterocycles. The van der Waals surface area contributed by atoms with Crippen molar-refractivity contribution in [1.82, 2.24) is 0 Å². The maximum absolute atomic E-state index is 5.95. The Balaban J connectivity index is 1.69. The molecule has 2 aliphatic carbocycles. The van der Waals surface area contributed by atoms with Gasteiger partial charge in [0.25, 0.3) is 0 Å². The van der Waals surface area contributed by atoms with Crippen molar-refractivity contribution < 1.29 is 0 Å². The largest absolute Gasteiger partial charge is 0.370 e. The van der Waals surface area contributed by atoms with Gasteiger partial charge in [-0.05, 0) is 54.4 Å². The molecule has 0 bridgehead atoms. The summed E-state index contributed by atoms with van der Waals surface area (Å²) in [6.45, 7) is 4.45. The predicted octanol–water partition coefficient (Wildman–Crippen LogP) is 2.70. The molecule has 1 aromatic rings. The Kier molecular flexibility index (Phi) is 2.58. The van der Waals surface area contributed by atoms with Crippen LogP contribution in [0.5, 0.6) is 0 Å². The van der Waals surface area contributed by atoms with Gasteiger partial charge in [0.1, 0.15) is 0 Å². The Hall–Kier alpha value is -1.51. The van der Waals surface area contributed by atoms with Crippen LogP contribution in [0.1, 0.15) is 37.8 Å². The van der Waals surface area contributed by atoms with Gasteiger partial charge in [-0.25, -0.2) is 4.99 Å². The molecular weight excluding hydrogens is 222 g/mol. The molecule has 0 saturated heterocycles.